The molecule has 0 amide bonds. The average molecular weight is 325 g/mol. The molecule has 0 aromatic heterocycles. The van der Waals surface area contributed by atoms with Crippen LogP contribution in [0.3, 0.4) is 0 Å². The molecule has 0 radical (unpaired) electrons. The van der Waals surface area contributed by atoms with Crippen molar-refractivity contribution in [2.45, 2.75) is 25.4 Å². The third kappa shape index (κ3) is 3.94. The molecule has 1 aromatic rings. The van der Waals surface area contributed by atoms with Gasteiger partial charge in [0.2, 0.25) is 0 Å². The summed E-state index contributed by atoms with van der Waals surface area (Å²) in [6.45, 7) is 5.74. The summed E-state index contributed by atoms with van der Waals surface area (Å²) in [5.74, 6) is 0.994. The number of piperazine rings is 1. The van der Waals surface area contributed by atoms with Gasteiger partial charge in [0.05, 0.1) is 10.6 Å². The molecule has 19 heavy (non-hydrogen) atoms. The molecule has 1 saturated carbocycles. The van der Waals surface area contributed by atoms with Crippen molar-refractivity contribution in [2.24, 2.45) is 0 Å². The molecule has 0 unspecified atom stereocenters. The molecule has 4 heteroatoms. The van der Waals surface area contributed by atoms with Crippen LogP contribution in [0.4, 0.5) is 0 Å². The smallest absolute Gasteiger partial charge is 0.133 e. The predicted octanol–water partition coefficient (Wildman–Crippen LogP) is 2.44. The Kier molecular flexibility index (Phi) is 4.41. The first-order valence-corrected chi connectivity index (χ1v) is 7.99. The van der Waals surface area contributed by atoms with Gasteiger partial charge in [-0.05, 0) is 52.9 Å². The largest absolute Gasteiger partial charge is 0.489 e. The van der Waals surface area contributed by atoms with Crippen molar-refractivity contribution in [1.82, 2.24) is 10.2 Å². The van der Waals surface area contributed by atoms with Crippen molar-refractivity contribution >= 4 is 15.9 Å². The molecule has 3 rings (SSSR count). The van der Waals surface area contributed by atoms with E-state index in [9.17, 15) is 0 Å². The van der Waals surface area contributed by atoms with Crippen LogP contribution >= 0.6 is 15.9 Å². The molecule has 1 aliphatic carbocycles. The van der Waals surface area contributed by atoms with Crippen LogP contribution < -0.4 is 10.1 Å². The van der Waals surface area contributed by atoms with Crippen molar-refractivity contribution in [3.8, 4) is 5.75 Å². The van der Waals surface area contributed by atoms with E-state index >= 15 is 0 Å². The van der Waals surface area contributed by atoms with Gasteiger partial charge in [-0.3, -0.25) is 0 Å². The number of hydrogen-bond donors (Lipinski definition) is 1. The average Bonchev–Trinajstić information content (AvgIpc) is 3.24. The fraction of sp³-hybridized carbons (Fsp3) is 0.600. The Bertz CT molecular complexity index is 428. The summed E-state index contributed by atoms with van der Waals surface area (Å²) >= 11 is 3.62. The Morgan fingerprint density at radius 3 is 2.74 bits per heavy atom. The fourth-order valence-corrected chi connectivity index (χ4v) is 2.90. The highest BCUT2D eigenvalue weighted by Crippen LogP contribution is 2.32. The maximum atomic E-state index is 5.84. The monoisotopic (exact) mass is 324 g/mol. The molecule has 0 spiro atoms. The van der Waals surface area contributed by atoms with Crippen molar-refractivity contribution in [3.05, 3.63) is 28.2 Å². The minimum absolute atomic E-state index is 0.461. The highest BCUT2D eigenvalue weighted by Gasteiger charge is 2.24. The van der Waals surface area contributed by atoms with Gasteiger partial charge in [0.25, 0.3) is 0 Å². The van der Waals surface area contributed by atoms with Crippen LogP contribution in [0.25, 0.3) is 0 Å². The predicted molar refractivity (Wildman–Crippen MR) is 80.8 cm³/mol. The SMILES string of the molecule is Brc1cc(CCN2CCNCC2)ccc1OC1CC1. The normalized spacial score (nSPS) is 20.5. The van der Waals surface area contributed by atoms with E-state index in [0.717, 1.165) is 36.3 Å². The standard InChI is InChI=1S/C15H21BrN2O/c16-14-11-12(1-4-15(14)19-13-2-3-13)5-8-18-9-6-17-7-10-18/h1,4,11,13,17H,2-3,5-10H2. The van der Waals surface area contributed by atoms with E-state index in [0.29, 0.717) is 6.10 Å². The molecule has 1 aromatic carbocycles. The van der Waals surface area contributed by atoms with Crippen LogP contribution in [0.15, 0.2) is 22.7 Å². The van der Waals surface area contributed by atoms with Crippen molar-refractivity contribution in [2.75, 3.05) is 32.7 Å². The minimum atomic E-state index is 0.461. The zero-order valence-electron chi connectivity index (χ0n) is 11.2. The molecule has 1 aliphatic heterocycles. The zero-order valence-corrected chi connectivity index (χ0v) is 12.8. The van der Waals surface area contributed by atoms with Gasteiger partial charge in [-0.2, -0.15) is 0 Å². The van der Waals surface area contributed by atoms with Crippen LogP contribution in [-0.4, -0.2) is 43.7 Å². The molecule has 1 N–H and O–H groups in total. The number of halogens is 1. The number of benzene rings is 1. The van der Waals surface area contributed by atoms with Crippen molar-refractivity contribution in [1.29, 1.82) is 0 Å². The minimum Gasteiger partial charge on any atom is -0.489 e. The molecule has 2 aliphatic rings. The first-order chi connectivity index (χ1) is 9.31. The molecule has 104 valence electrons. The Labute approximate surface area is 123 Å². The van der Waals surface area contributed by atoms with Gasteiger partial charge in [0, 0.05) is 32.7 Å². The quantitative estimate of drug-likeness (QED) is 0.900. The van der Waals surface area contributed by atoms with E-state index in [1.165, 1.54) is 31.5 Å². The molecule has 2 fully saturated rings. The summed E-state index contributed by atoms with van der Waals surface area (Å²) in [5, 5.41) is 3.39. The second-order valence-electron chi connectivity index (χ2n) is 5.42. The van der Waals surface area contributed by atoms with Crippen LogP contribution in [0.1, 0.15) is 18.4 Å². The first kappa shape index (κ1) is 13.4. The number of ether oxygens (including phenoxy) is 1. The van der Waals surface area contributed by atoms with Gasteiger partial charge in [0.15, 0.2) is 0 Å². The van der Waals surface area contributed by atoms with Gasteiger partial charge in [-0.25, -0.2) is 0 Å². The lowest BCUT2D eigenvalue weighted by Gasteiger charge is -2.27. The molecule has 0 atom stereocenters. The Balaban J connectivity index is 1.53. The highest BCUT2D eigenvalue weighted by molar-refractivity contribution is 9.10. The molecular weight excluding hydrogens is 304 g/mol. The third-order valence-electron chi connectivity index (χ3n) is 3.74. The summed E-state index contributed by atoms with van der Waals surface area (Å²) in [4.78, 5) is 2.53. The van der Waals surface area contributed by atoms with Crippen molar-refractivity contribution < 1.29 is 4.74 Å². The Morgan fingerprint density at radius 2 is 2.05 bits per heavy atom. The van der Waals surface area contributed by atoms with E-state index in [1.54, 1.807) is 0 Å². The van der Waals surface area contributed by atoms with E-state index < -0.39 is 0 Å². The maximum Gasteiger partial charge on any atom is 0.133 e. The molecule has 1 saturated heterocycles. The Hall–Kier alpha value is -0.580. The maximum absolute atomic E-state index is 5.84. The Morgan fingerprint density at radius 1 is 1.26 bits per heavy atom. The lowest BCUT2D eigenvalue weighted by atomic mass is 10.1. The van der Waals surface area contributed by atoms with E-state index in [-0.39, 0.29) is 0 Å². The fourth-order valence-electron chi connectivity index (χ4n) is 2.38. The summed E-state index contributed by atoms with van der Waals surface area (Å²) < 4.78 is 6.93. The lowest BCUT2D eigenvalue weighted by Crippen LogP contribution is -2.44. The zero-order chi connectivity index (χ0) is 13.1. The van der Waals surface area contributed by atoms with Crippen LogP contribution in [0.2, 0.25) is 0 Å². The number of nitrogens with zero attached hydrogens (tertiary/aromatic N) is 1. The van der Waals surface area contributed by atoms with Gasteiger partial charge in [-0.15, -0.1) is 0 Å². The first-order valence-electron chi connectivity index (χ1n) is 7.19. The van der Waals surface area contributed by atoms with Gasteiger partial charge >= 0.3 is 0 Å². The van der Waals surface area contributed by atoms with Gasteiger partial charge < -0.3 is 15.0 Å². The number of nitrogens with one attached hydrogen (secondary N) is 1. The second-order valence-corrected chi connectivity index (χ2v) is 6.28. The van der Waals surface area contributed by atoms with Gasteiger partial charge in [-0.1, -0.05) is 6.07 Å². The molecular formula is C15H21BrN2O. The van der Waals surface area contributed by atoms with Crippen LogP contribution in [-0.2, 0) is 6.42 Å². The van der Waals surface area contributed by atoms with E-state index in [2.05, 4.69) is 44.3 Å². The second kappa shape index (κ2) is 6.25. The summed E-state index contributed by atoms with van der Waals surface area (Å²) in [6.07, 6.45) is 3.99. The van der Waals surface area contributed by atoms with E-state index in [4.69, 9.17) is 4.74 Å². The summed E-state index contributed by atoms with van der Waals surface area (Å²) in [6, 6.07) is 6.51. The highest BCUT2D eigenvalue weighted by atomic mass is 79.9. The summed E-state index contributed by atoms with van der Waals surface area (Å²) in [5.41, 5.74) is 1.38. The lowest BCUT2D eigenvalue weighted by molar-refractivity contribution is 0.244. The number of hydrogen-bond acceptors (Lipinski definition) is 3. The number of rotatable bonds is 5. The molecule has 1 heterocycles. The topological polar surface area (TPSA) is 24.5 Å². The summed E-state index contributed by atoms with van der Waals surface area (Å²) in [7, 11) is 0. The van der Waals surface area contributed by atoms with E-state index in [1.807, 2.05) is 0 Å². The van der Waals surface area contributed by atoms with Crippen LogP contribution in [0, 0.1) is 0 Å². The van der Waals surface area contributed by atoms with Crippen molar-refractivity contribution in [3.63, 3.8) is 0 Å². The van der Waals surface area contributed by atoms with Gasteiger partial charge in [0.1, 0.15) is 5.75 Å². The molecule has 0 bridgehead atoms. The van der Waals surface area contributed by atoms with Crippen LogP contribution in [0.5, 0.6) is 5.75 Å². The third-order valence-corrected chi connectivity index (χ3v) is 4.36. The molecule has 3 nitrogen and oxygen atoms in total.